The van der Waals surface area contributed by atoms with Crippen molar-refractivity contribution in [3.63, 3.8) is 0 Å². The van der Waals surface area contributed by atoms with E-state index in [4.69, 9.17) is 21.5 Å². The van der Waals surface area contributed by atoms with Crippen LogP contribution >= 0.6 is 0 Å². The topological polar surface area (TPSA) is 126 Å². The molecule has 1 rings (SSSR count). The summed E-state index contributed by atoms with van der Waals surface area (Å²) in [7, 11) is 0. The molecular formula is C12H6FN5O. The lowest BCUT2D eigenvalue weighted by molar-refractivity contribution is 0.0997. The van der Waals surface area contributed by atoms with Crippen LogP contribution in [0.4, 0.5) is 10.1 Å². The van der Waals surface area contributed by atoms with Crippen molar-refractivity contribution in [2.45, 2.75) is 0 Å². The van der Waals surface area contributed by atoms with Gasteiger partial charge in [-0.15, -0.1) is 0 Å². The van der Waals surface area contributed by atoms with Crippen molar-refractivity contribution in [3.05, 3.63) is 40.8 Å². The fourth-order valence-corrected chi connectivity index (χ4v) is 1.30. The first-order valence-electron chi connectivity index (χ1n) is 4.85. The maximum Gasteiger partial charge on any atom is 0.253 e. The molecule has 7 heteroatoms. The maximum absolute atomic E-state index is 13.5. The summed E-state index contributed by atoms with van der Waals surface area (Å²) in [6.45, 7) is 0. The average Bonchev–Trinajstić information content (AvgIpc) is 2.38. The number of carbonyl (C=O) groups is 1. The molecule has 0 spiro atoms. The molecule has 0 radical (unpaired) electrons. The average molecular weight is 255 g/mol. The lowest BCUT2D eigenvalue weighted by Crippen LogP contribution is -2.16. The summed E-state index contributed by atoms with van der Waals surface area (Å²) < 4.78 is 13.5. The van der Waals surface area contributed by atoms with Crippen LogP contribution < -0.4 is 11.1 Å². The van der Waals surface area contributed by atoms with Crippen molar-refractivity contribution >= 4 is 11.6 Å². The highest BCUT2D eigenvalue weighted by atomic mass is 19.1. The van der Waals surface area contributed by atoms with E-state index in [0.717, 1.165) is 6.07 Å². The van der Waals surface area contributed by atoms with Gasteiger partial charge in [-0.05, 0) is 12.1 Å². The van der Waals surface area contributed by atoms with Gasteiger partial charge in [0.05, 0.1) is 11.3 Å². The zero-order valence-corrected chi connectivity index (χ0v) is 9.44. The van der Waals surface area contributed by atoms with Gasteiger partial charge in [0.1, 0.15) is 29.7 Å². The van der Waals surface area contributed by atoms with Crippen molar-refractivity contribution in [1.29, 1.82) is 15.8 Å². The number of anilines is 1. The fourth-order valence-electron chi connectivity index (χ4n) is 1.30. The van der Waals surface area contributed by atoms with E-state index in [1.165, 1.54) is 24.3 Å². The van der Waals surface area contributed by atoms with Gasteiger partial charge in [-0.2, -0.15) is 15.8 Å². The molecule has 0 saturated heterocycles. The SMILES string of the molecule is N#CC(C#N)=C(C#N)Nc1cccc(F)c1C(N)=O. The van der Waals surface area contributed by atoms with E-state index in [1.807, 2.05) is 0 Å². The molecule has 0 bridgehead atoms. The Bertz CT molecular complexity index is 672. The predicted octanol–water partition coefficient (Wildman–Crippen LogP) is 1.16. The van der Waals surface area contributed by atoms with Crippen LogP contribution in [-0.2, 0) is 0 Å². The number of allylic oxidation sites excluding steroid dienone is 2. The first-order valence-corrected chi connectivity index (χ1v) is 4.85. The number of nitrogens with two attached hydrogens (primary N) is 1. The van der Waals surface area contributed by atoms with Gasteiger partial charge in [-0.3, -0.25) is 4.79 Å². The minimum Gasteiger partial charge on any atom is -0.365 e. The molecule has 0 aliphatic carbocycles. The van der Waals surface area contributed by atoms with Gasteiger partial charge in [0.2, 0.25) is 0 Å². The molecule has 0 unspecified atom stereocenters. The number of primary amides is 1. The standard InChI is InChI=1S/C12H6FN5O/c13-8-2-1-3-9(11(8)12(17)19)18-10(6-16)7(4-14)5-15/h1-3,18H,(H2,17,19). The molecule has 19 heavy (non-hydrogen) atoms. The zero-order chi connectivity index (χ0) is 14.4. The van der Waals surface area contributed by atoms with Crippen molar-refractivity contribution < 1.29 is 9.18 Å². The van der Waals surface area contributed by atoms with Crippen LogP contribution in [0.1, 0.15) is 10.4 Å². The van der Waals surface area contributed by atoms with Gasteiger partial charge in [0.25, 0.3) is 5.91 Å². The quantitative estimate of drug-likeness (QED) is 0.783. The summed E-state index contributed by atoms with van der Waals surface area (Å²) in [6.07, 6.45) is 0. The molecule has 0 saturated carbocycles. The van der Waals surface area contributed by atoms with Crippen LogP contribution in [0.5, 0.6) is 0 Å². The number of rotatable bonds is 3. The second-order valence-corrected chi connectivity index (χ2v) is 3.24. The van der Waals surface area contributed by atoms with E-state index < -0.39 is 28.6 Å². The Kier molecular flexibility index (Phi) is 4.19. The van der Waals surface area contributed by atoms with Gasteiger partial charge >= 0.3 is 0 Å². The highest BCUT2D eigenvalue weighted by Crippen LogP contribution is 2.20. The van der Waals surface area contributed by atoms with Crippen LogP contribution in [0.2, 0.25) is 0 Å². The van der Waals surface area contributed by atoms with Gasteiger partial charge in [-0.1, -0.05) is 6.07 Å². The highest BCUT2D eigenvalue weighted by molar-refractivity contribution is 5.99. The van der Waals surface area contributed by atoms with Crippen LogP contribution in [0, 0.1) is 39.8 Å². The highest BCUT2D eigenvalue weighted by Gasteiger charge is 2.16. The minimum absolute atomic E-state index is 0.0907. The number of benzene rings is 1. The second kappa shape index (κ2) is 5.81. The Morgan fingerprint density at radius 3 is 2.32 bits per heavy atom. The molecule has 1 aromatic rings. The molecular weight excluding hydrogens is 249 g/mol. The Morgan fingerprint density at radius 1 is 1.21 bits per heavy atom. The van der Waals surface area contributed by atoms with Crippen LogP contribution in [0.3, 0.4) is 0 Å². The Hall–Kier alpha value is -3.37. The smallest absolute Gasteiger partial charge is 0.253 e. The van der Waals surface area contributed by atoms with Crippen molar-refractivity contribution in [3.8, 4) is 18.2 Å². The molecule has 0 fully saturated rings. The van der Waals surface area contributed by atoms with Crippen molar-refractivity contribution in [2.75, 3.05) is 5.32 Å². The number of amides is 1. The lowest BCUT2D eigenvalue weighted by atomic mass is 10.1. The van der Waals surface area contributed by atoms with E-state index >= 15 is 0 Å². The Balaban J connectivity index is 3.37. The predicted molar refractivity (Wildman–Crippen MR) is 62.4 cm³/mol. The van der Waals surface area contributed by atoms with Gasteiger partial charge < -0.3 is 11.1 Å². The van der Waals surface area contributed by atoms with E-state index in [2.05, 4.69) is 5.32 Å². The summed E-state index contributed by atoms with van der Waals surface area (Å²) >= 11 is 0. The summed E-state index contributed by atoms with van der Waals surface area (Å²) in [5.74, 6) is -1.90. The normalized spacial score (nSPS) is 8.53. The van der Waals surface area contributed by atoms with Crippen molar-refractivity contribution in [1.82, 2.24) is 0 Å². The van der Waals surface area contributed by atoms with Crippen LogP contribution in [0.15, 0.2) is 29.5 Å². The third-order valence-corrected chi connectivity index (χ3v) is 2.11. The largest absolute Gasteiger partial charge is 0.365 e. The Morgan fingerprint density at radius 2 is 1.84 bits per heavy atom. The molecule has 0 heterocycles. The fraction of sp³-hybridized carbons (Fsp3) is 0. The summed E-state index contributed by atoms with van der Waals surface area (Å²) in [6, 6.07) is 8.22. The van der Waals surface area contributed by atoms with Gasteiger partial charge in [-0.25, -0.2) is 4.39 Å². The molecule has 0 aliphatic heterocycles. The maximum atomic E-state index is 13.5. The molecule has 0 atom stereocenters. The molecule has 1 amide bonds. The lowest BCUT2D eigenvalue weighted by Gasteiger charge is -2.09. The number of carbonyl (C=O) groups excluding carboxylic acids is 1. The minimum atomic E-state index is -1.03. The number of nitriles is 3. The first kappa shape index (κ1) is 13.7. The number of nitrogens with zero attached hydrogens (tertiary/aromatic N) is 3. The van der Waals surface area contributed by atoms with Crippen LogP contribution in [-0.4, -0.2) is 5.91 Å². The van der Waals surface area contributed by atoms with E-state index in [9.17, 15) is 9.18 Å². The van der Waals surface area contributed by atoms with Gasteiger partial charge in [0.15, 0.2) is 5.57 Å². The zero-order valence-electron chi connectivity index (χ0n) is 9.44. The third kappa shape index (κ3) is 2.85. The summed E-state index contributed by atoms with van der Waals surface area (Å²) in [5.41, 5.74) is 3.61. The molecule has 92 valence electrons. The molecule has 0 aliphatic rings. The molecule has 6 nitrogen and oxygen atoms in total. The number of hydrogen-bond acceptors (Lipinski definition) is 5. The molecule has 0 aromatic heterocycles. The van der Waals surface area contributed by atoms with E-state index in [-0.39, 0.29) is 5.69 Å². The van der Waals surface area contributed by atoms with Crippen LogP contribution in [0.25, 0.3) is 0 Å². The summed E-state index contributed by atoms with van der Waals surface area (Å²) in [5, 5.41) is 28.5. The first-order chi connectivity index (χ1) is 9.04. The molecule has 3 N–H and O–H groups in total. The monoisotopic (exact) mass is 255 g/mol. The van der Waals surface area contributed by atoms with E-state index in [0.29, 0.717) is 0 Å². The second-order valence-electron chi connectivity index (χ2n) is 3.24. The molecule has 1 aromatic carbocycles. The van der Waals surface area contributed by atoms with E-state index in [1.54, 1.807) is 6.07 Å². The third-order valence-electron chi connectivity index (χ3n) is 2.11. The number of halogens is 1. The van der Waals surface area contributed by atoms with Crippen molar-refractivity contribution in [2.24, 2.45) is 5.73 Å². The Labute approximate surface area is 107 Å². The number of nitrogens with one attached hydrogen (secondary N) is 1. The van der Waals surface area contributed by atoms with Gasteiger partial charge in [0, 0.05) is 0 Å². The number of hydrogen-bond donors (Lipinski definition) is 2. The summed E-state index contributed by atoms with van der Waals surface area (Å²) in [4.78, 5) is 11.1.